The lowest BCUT2D eigenvalue weighted by atomic mass is 10.1. The van der Waals surface area contributed by atoms with E-state index >= 15 is 0 Å². The van der Waals surface area contributed by atoms with Gasteiger partial charge in [-0.1, -0.05) is 30.3 Å². The van der Waals surface area contributed by atoms with Gasteiger partial charge in [0.25, 0.3) is 0 Å². The molecule has 2 aromatic carbocycles. The van der Waals surface area contributed by atoms with Crippen LogP contribution in [0.25, 0.3) is 10.8 Å². The van der Waals surface area contributed by atoms with Gasteiger partial charge in [-0.25, -0.2) is 0 Å². The summed E-state index contributed by atoms with van der Waals surface area (Å²) < 4.78 is 0. The third kappa shape index (κ3) is 5.57. The van der Waals surface area contributed by atoms with Crippen molar-refractivity contribution < 1.29 is 9.59 Å². The highest BCUT2D eigenvalue weighted by Crippen LogP contribution is 2.19. The second-order valence-corrected chi connectivity index (χ2v) is 7.44. The lowest BCUT2D eigenvalue weighted by molar-refractivity contribution is -0.125. The molecule has 0 saturated heterocycles. The predicted octanol–water partition coefficient (Wildman–Crippen LogP) is 3.01. The Bertz CT molecular complexity index is 765. The van der Waals surface area contributed by atoms with Crippen LogP contribution in [0, 0.1) is 0 Å². The fraction of sp³-hybridized carbons (Fsp3) is 0.400. The third-order valence-corrected chi connectivity index (χ3v) is 3.97. The lowest BCUT2D eigenvalue weighted by Crippen LogP contribution is -2.49. The van der Waals surface area contributed by atoms with Crippen molar-refractivity contribution in [3.63, 3.8) is 0 Å². The van der Waals surface area contributed by atoms with Crippen LogP contribution in [0.4, 0.5) is 5.69 Å². The zero-order chi connectivity index (χ0) is 18.6. The minimum absolute atomic E-state index is 0.0969. The average molecular weight is 341 g/mol. The molecule has 5 nitrogen and oxygen atoms in total. The largest absolute Gasteiger partial charge is 0.350 e. The average Bonchev–Trinajstić information content (AvgIpc) is 2.52. The summed E-state index contributed by atoms with van der Waals surface area (Å²) in [5.41, 5.74) is 0.470. The van der Waals surface area contributed by atoms with Gasteiger partial charge in [0.2, 0.25) is 11.8 Å². The number of nitrogens with one attached hydrogen (secondary N) is 2. The molecule has 0 fully saturated rings. The minimum atomic E-state index is -0.419. The van der Waals surface area contributed by atoms with Gasteiger partial charge in [-0.15, -0.1) is 0 Å². The van der Waals surface area contributed by atoms with E-state index in [4.69, 9.17) is 0 Å². The highest BCUT2D eigenvalue weighted by Gasteiger charge is 2.22. The molecule has 0 aromatic heterocycles. The summed E-state index contributed by atoms with van der Waals surface area (Å²) in [4.78, 5) is 26.2. The Morgan fingerprint density at radius 2 is 1.72 bits per heavy atom. The quantitative estimate of drug-likeness (QED) is 0.879. The molecule has 0 aliphatic rings. The summed E-state index contributed by atoms with van der Waals surface area (Å²) in [5, 5.41) is 8.03. The van der Waals surface area contributed by atoms with Crippen LogP contribution in [0.2, 0.25) is 0 Å². The first kappa shape index (κ1) is 18.9. The van der Waals surface area contributed by atoms with Gasteiger partial charge in [-0.05, 0) is 57.6 Å². The summed E-state index contributed by atoms with van der Waals surface area (Å²) >= 11 is 0. The smallest absolute Gasteiger partial charge is 0.241 e. The minimum Gasteiger partial charge on any atom is -0.350 e. The number of hydrogen-bond acceptors (Lipinski definition) is 3. The van der Waals surface area contributed by atoms with Gasteiger partial charge in [0.15, 0.2) is 0 Å². The molecule has 2 aromatic rings. The van der Waals surface area contributed by atoms with Gasteiger partial charge < -0.3 is 10.6 Å². The van der Waals surface area contributed by atoms with Crippen molar-refractivity contribution in [3.05, 3.63) is 42.5 Å². The fourth-order valence-corrected chi connectivity index (χ4v) is 2.54. The van der Waals surface area contributed by atoms with Crippen LogP contribution >= 0.6 is 0 Å². The summed E-state index contributed by atoms with van der Waals surface area (Å²) in [6.07, 6.45) is 0. The maximum absolute atomic E-state index is 12.5. The molecule has 0 aliphatic carbocycles. The summed E-state index contributed by atoms with van der Waals surface area (Å²) in [6, 6.07) is 13.4. The molecular formula is C20H27N3O2. The molecule has 0 aliphatic heterocycles. The standard InChI is InChI=1S/C20H27N3O2/c1-14(23(5)13-18(24)22-20(2,3)4)19(25)21-17-11-10-15-8-6-7-9-16(15)12-17/h6-12,14H,13H2,1-5H3,(H,21,25)(H,22,24)/t14-/m1/s1. The number of fused-ring (bicyclic) bond motifs is 1. The van der Waals surface area contributed by atoms with Crippen molar-refractivity contribution >= 4 is 28.3 Å². The molecule has 0 spiro atoms. The van der Waals surface area contributed by atoms with Gasteiger partial charge in [0.1, 0.15) is 0 Å². The maximum Gasteiger partial charge on any atom is 0.241 e. The van der Waals surface area contributed by atoms with Crippen LogP contribution in [0.15, 0.2) is 42.5 Å². The molecule has 0 unspecified atom stereocenters. The first-order valence-corrected chi connectivity index (χ1v) is 8.46. The summed E-state index contributed by atoms with van der Waals surface area (Å²) in [6.45, 7) is 7.76. The topological polar surface area (TPSA) is 61.4 Å². The van der Waals surface area contributed by atoms with Crippen molar-refractivity contribution in [1.29, 1.82) is 0 Å². The second kappa shape index (κ2) is 7.66. The zero-order valence-electron chi connectivity index (χ0n) is 15.6. The normalized spacial score (nSPS) is 12.9. The van der Waals surface area contributed by atoms with Crippen molar-refractivity contribution in [2.24, 2.45) is 0 Å². The Balaban J connectivity index is 1.97. The molecule has 2 amide bonds. The highest BCUT2D eigenvalue weighted by molar-refractivity contribution is 5.97. The van der Waals surface area contributed by atoms with Crippen LogP contribution in [0.1, 0.15) is 27.7 Å². The molecule has 1 atom stereocenters. The number of carbonyl (C=O) groups excluding carboxylic acids is 2. The van der Waals surface area contributed by atoms with Gasteiger partial charge in [-0.2, -0.15) is 0 Å². The van der Waals surface area contributed by atoms with Crippen molar-refractivity contribution in [3.8, 4) is 0 Å². The number of likely N-dealkylation sites (N-methyl/N-ethyl adjacent to an activating group) is 1. The van der Waals surface area contributed by atoms with E-state index in [-0.39, 0.29) is 23.9 Å². The lowest BCUT2D eigenvalue weighted by Gasteiger charge is -2.26. The fourth-order valence-electron chi connectivity index (χ4n) is 2.54. The van der Waals surface area contributed by atoms with Crippen LogP contribution in [-0.2, 0) is 9.59 Å². The second-order valence-electron chi connectivity index (χ2n) is 7.44. The summed E-state index contributed by atoms with van der Waals surface area (Å²) in [7, 11) is 1.77. The van der Waals surface area contributed by atoms with Gasteiger partial charge in [-0.3, -0.25) is 14.5 Å². The van der Waals surface area contributed by atoms with Crippen LogP contribution in [0.3, 0.4) is 0 Å². The third-order valence-electron chi connectivity index (χ3n) is 3.97. The molecule has 0 saturated carbocycles. The molecule has 2 N–H and O–H groups in total. The monoisotopic (exact) mass is 341 g/mol. The van der Waals surface area contributed by atoms with E-state index in [1.54, 1.807) is 18.9 Å². The van der Waals surface area contributed by atoms with E-state index < -0.39 is 6.04 Å². The number of carbonyl (C=O) groups is 2. The van der Waals surface area contributed by atoms with Crippen LogP contribution in [-0.4, -0.2) is 41.9 Å². The molecular weight excluding hydrogens is 314 g/mol. The highest BCUT2D eigenvalue weighted by atomic mass is 16.2. The first-order chi connectivity index (χ1) is 11.7. The first-order valence-electron chi connectivity index (χ1n) is 8.46. The van der Waals surface area contributed by atoms with E-state index in [9.17, 15) is 9.59 Å². The molecule has 0 heterocycles. The predicted molar refractivity (Wildman–Crippen MR) is 103 cm³/mol. The molecule has 25 heavy (non-hydrogen) atoms. The number of benzene rings is 2. The zero-order valence-corrected chi connectivity index (χ0v) is 15.6. The number of amides is 2. The van der Waals surface area contributed by atoms with Gasteiger partial charge in [0, 0.05) is 11.2 Å². The molecule has 0 radical (unpaired) electrons. The Labute approximate surface area is 149 Å². The van der Waals surface area contributed by atoms with Crippen LogP contribution in [0.5, 0.6) is 0 Å². The van der Waals surface area contributed by atoms with Gasteiger partial charge >= 0.3 is 0 Å². The Morgan fingerprint density at radius 3 is 2.36 bits per heavy atom. The molecule has 5 heteroatoms. The molecule has 134 valence electrons. The molecule has 2 rings (SSSR count). The van der Waals surface area contributed by atoms with Crippen molar-refractivity contribution in [2.45, 2.75) is 39.3 Å². The number of anilines is 1. The summed E-state index contributed by atoms with van der Waals surface area (Å²) in [5.74, 6) is -0.235. The molecule has 0 bridgehead atoms. The van der Waals surface area contributed by atoms with Crippen molar-refractivity contribution in [2.75, 3.05) is 18.9 Å². The van der Waals surface area contributed by atoms with E-state index in [1.807, 2.05) is 63.2 Å². The Kier molecular flexibility index (Phi) is 5.80. The van der Waals surface area contributed by atoms with E-state index in [1.165, 1.54) is 0 Å². The number of hydrogen-bond donors (Lipinski definition) is 2. The van der Waals surface area contributed by atoms with Crippen molar-refractivity contribution in [1.82, 2.24) is 10.2 Å². The number of rotatable bonds is 5. The van der Waals surface area contributed by atoms with Crippen LogP contribution < -0.4 is 10.6 Å². The maximum atomic E-state index is 12.5. The van der Waals surface area contributed by atoms with Gasteiger partial charge in [0.05, 0.1) is 12.6 Å². The Morgan fingerprint density at radius 1 is 1.08 bits per heavy atom. The Hall–Kier alpha value is -2.40. The SMILES string of the molecule is C[C@H](C(=O)Nc1ccc2ccccc2c1)N(C)CC(=O)NC(C)(C)C. The number of nitrogens with zero attached hydrogens (tertiary/aromatic N) is 1. The van der Waals surface area contributed by atoms with E-state index in [2.05, 4.69) is 10.6 Å². The van der Waals surface area contributed by atoms with E-state index in [0.717, 1.165) is 16.5 Å². The van der Waals surface area contributed by atoms with E-state index in [0.29, 0.717) is 0 Å².